The predicted molar refractivity (Wildman–Crippen MR) is 100 cm³/mol. The Labute approximate surface area is 154 Å². The Morgan fingerprint density at radius 3 is 2.24 bits per heavy atom. The smallest absolute Gasteiger partial charge is 0.257 e. The van der Waals surface area contributed by atoms with Crippen molar-refractivity contribution in [1.29, 1.82) is 0 Å². The van der Waals surface area contributed by atoms with Gasteiger partial charge in [-0.3, -0.25) is 9.59 Å². The first-order valence-electron chi connectivity index (χ1n) is 7.91. The van der Waals surface area contributed by atoms with E-state index >= 15 is 0 Å². The summed E-state index contributed by atoms with van der Waals surface area (Å²) in [4.78, 5) is 23.9. The van der Waals surface area contributed by atoms with Gasteiger partial charge in [0.2, 0.25) is 0 Å². The Bertz CT molecular complexity index is 673. The number of halogens is 1. The van der Waals surface area contributed by atoms with Gasteiger partial charge in [-0.25, -0.2) is 0 Å². The number of carbonyl (C=O) groups excluding carboxylic acids is 2. The van der Waals surface area contributed by atoms with Gasteiger partial charge in [0, 0.05) is 23.7 Å². The standard InChI is InChI=1S/C19H22N2O3.ClH/c1-14(20)11-12-21-18(22)13-24-17-9-7-16(8-10-17)19(23)15-5-3-2-4-6-15;/h2-10,14H,11-13,20H2,1H3,(H,21,22);1H. The molecule has 0 saturated heterocycles. The Hall–Kier alpha value is -2.37. The van der Waals surface area contributed by atoms with E-state index in [2.05, 4.69) is 5.32 Å². The van der Waals surface area contributed by atoms with E-state index < -0.39 is 0 Å². The molecule has 0 aliphatic carbocycles. The Balaban J connectivity index is 0.00000312. The van der Waals surface area contributed by atoms with Crippen molar-refractivity contribution in [2.45, 2.75) is 19.4 Å². The molecule has 5 nitrogen and oxygen atoms in total. The zero-order chi connectivity index (χ0) is 17.4. The molecular formula is C19H23ClN2O3. The molecule has 0 aliphatic rings. The van der Waals surface area contributed by atoms with E-state index in [-0.39, 0.29) is 36.7 Å². The van der Waals surface area contributed by atoms with E-state index in [1.807, 2.05) is 25.1 Å². The highest BCUT2D eigenvalue weighted by Gasteiger charge is 2.09. The van der Waals surface area contributed by atoms with Gasteiger partial charge in [-0.1, -0.05) is 30.3 Å². The van der Waals surface area contributed by atoms with Gasteiger partial charge in [-0.05, 0) is 37.6 Å². The monoisotopic (exact) mass is 362 g/mol. The van der Waals surface area contributed by atoms with E-state index in [9.17, 15) is 9.59 Å². The average molecular weight is 363 g/mol. The van der Waals surface area contributed by atoms with Crippen LogP contribution in [0.2, 0.25) is 0 Å². The molecule has 0 bridgehead atoms. The predicted octanol–water partition coefficient (Wildman–Crippen LogP) is 2.57. The molecule has 2 aromatic rings. The minimum atomic E-state index is -0.194. The molecule has 3 N–H and O–H groups in total. The van der Waals surface area contributed by atoms with Crippen molar-refractivity contribution in [1.82, 2.24) is 5.32 Å². The highest BCUT2D eigenvalue weighted by Crippen LogP contribution is 2.15. The number of nitrogens with two attached hydrogens (primary N) is 1. The third kappa shape index (κ3) is 6.95. The van der Waals surface area contributed by atoms with Crippen LogP contribution in [0.25, 0.3) is 0 Å². The molecule has 1 atom stereocenters. The van der Waals surface area contributed by atoms with Gasteiger partial charge >= 0.3 is 0 Å². The molecule has 1 unspecified atom stereocenters. The number of ketones is 1. The lowest BCUT2D eigenvalue weighted by Gasteiger charge is -2.09. The molecular weight excluding hydrogens is 340 g/mol. The molecule has 1 amide bonds. The van der Waals surface area contributed by atoms with E-state index in [0.29, 0.717) is 23.4 Å². The van der Waals surface area contributed by atoms with Crippen LogP contribution in [0.15, 0.2) is 54.6 Å². The van der Waals surface area contributed by atoms with Crippen molar-refractivity contribution in [3.05, 3.63) is 65.7 Å². The van der Waals surface area contributed by atoms with Crippen LogP contribution in [0, 0.1) is 0 Å². The number of hydrogen-bond acceptors (Lipinski definition) is 4. The number of nitrogens with one attached hydrogen (secondary N) is 1. The highest BCUT2D eigenvalue weighted by atomic mass is 35.5. The number of ether oxygens (including phenoxy) is 1. The fourth-order valence-electron chi connectivity index (χ4n) is 2.10. The van der Waals surface area contributed by atoms with Gasteiger partial charge in [0.15, 0.2) is 12.4 Å². The van der Waals surface area contributed by atoms with Crippen molar-refractivity contribution in [3.63, 3.8) is 0 Å². The van der Waals surface area contributed by atoms with E-state index in [1.54, 1.807) is 36.4 Å². The molecule has 0 radical (unpaired) electrons. The topological polar surface area (TPSA) is 81.4 Å². The fraction of sp³-hybridized carbons (Fsp3) is 0.263. The number of benzene rings is 2. The first kappa shape index (κ1) is 20.7. The van der Waals surface area contributed by atoms with Crippen LogP contribution in [0.4, 0.5) is 0 Å². The van der Waals surface area contributed by atoms with Crippen molar-refractivity contribution in [2.75, 3.05) is 13.2 Å². The molecule has 2 aromatic carbocycles. The molecule has 0 fully saturated rings. The highest BCUT2D eigenvalue weighted by molar-refractivity contribution is 6.08. The molecule has 2 rings (SSSR count). The minimum Gasteiger partial charge on any atom is -0.484 e. The van der Waals surface area contributed by atoms with Gasteiger partial charge in [0.25, 0.3) is 5.91 Å². The summed E-state index contributed by atoms with van der Waals surface area (Å²) < 4.78 is 5.41. The number of hydrogen-bond donors (Lipinski definition) is 2. The van der Waals surface area contributed by atoms with Gasteiger partial charge in [-0.2, -0.15) is 0 Å². The molecule has 25 heavy (non-hydrogen) atoms. The lowest BCUT2D eigenvalue weighted by molar-refractivity contribution is -0.123. The average Bonchev–Trinajstić information content (AvgIpc) is 2.60. The second-order valence-electron chi connectivity index (χ2n) is 5.62. The minimum absolute atomic E-state index is 0. The SMILES string of the molecule is CC(N)CCNC(=O)COc1ccc(C(=O)c2ccccc2)cc1.Cl. The Morgan fingerprint density at radius 1 is 1.04 bits per heavy atom. The molecule has 0 saturated carbocycles. The van der Waals surface area contributed by atoms with E-state index in [4.69, 9.17) is 10.5 Å². The summed E-state index contributed by atoms with van der Waals surface area (Å²) in [5, 5.41) is 2.74. The quantitative estimate of drug-likeness (QED) is 0.707. The second-order valence-corrected chi connectivity index (χ2v) is 5.62. The van der Waals surface area contributed by atoms with Gasteiger partial charge in [-0.15, -0.1) is 12.4 Å². The van der Waals surface area contributed by atoms with Crippen LogP contribution < -0.4 is 15.8 Å². The Morgan fingerprint density at radius 2 is 1.64 bits per heavy atom. The normalized spacial score (nSPS) is 11.1. The number of amides is 1. The van der Waals surface area contributed by atoms with Crippen LogP contribution in [-0.4, -0.2) is 30.9 Å². The van der Waals surface area contributed by atoms with Crippen LogP contribution >= 0.6 is 12.4 Å². The molecule has 0 spiro atoms. The second kappa shape index (κ2) is 10.5. The molecule has 134 valence electrons. The van der Waals surface area contributed by atoms with Crippen LogP contribution in [0.5, 0.6) is 5.75 Å². The van der Waals surface area contributed by atoms with Crippen molar-refractivity contribution in [3.8, 4) is 5.75 Å². The largest absolute Gasteiger partial charge is 0.484 e. The van der Waals surface area contributed by atoms with Crippen LogP contribution in [-0.2, 0) is 4.79 Å². The van der Waals surface area contributed by atoms with Crippen molar-refractivity contribution >= 4 is 24.1 Å². The zero-order valence-corrected chi connectivity index (χ0v) is 14.9. The molecule has 0 heterocycles. The van der Waals surface area contributed by atoms with Gasteiger partial charge in [0.05, 0.1) is 0 Å². The van der Waals surface area contributed by atoms with Crippen LogP contribution in [0.1, 0.15) is 29.3 Å². The summed E-state index contributed by atoms with van der Waals surface area (Å²) in [5.41, 5.74) is 6.83. The summed E-state index contributed by atoms with van der Waals surface area (Å²) >= 11 is 0. The third-order valence-corrected chi connectivity index (χ3v) is 3.44. The van der Waals surface area contributed by atoms with E-state index in [0.717, 1.165) is 6.42 Å². The van der Waals surface area contributed by atoms with Gasteiger partial charge < -0.3 is 15.8 Å². The lowest BCUT2D eigenvalue weighted by Crippen LogP contribution is -2.32. The maximum absolute atomic E-state index is 12.3. The van der Waals surface area contributed by atoms with E-state index in [1.165, 1.54) is 0 Å². The number of carbonyl (C=O) groups is 2. The Kier molecular flexibility index (Phi) is 8.67. The molecule has 0 aliphatic heterocycles. The summed E-state index contributed by atoms with van der Waals surface area (Å²) in [6, 6.07) is 15.9. The van der Waals surface area contributed by atoms with Crippen LogP contribution in [0.3, 0.4) is 0 Å². The number of rotatable bonds is 8. The fourth-order valence-corrected chi connectivity index (χ4v) is 2.10. The molecule has 0 aromatic heterocycles. The summed E-state index contributed by atoms with van der Waals surface area (Å²) in [6.07, 6.45) is 0.724. The third-order valence-electron chi connectivity index (χ3n) is 3.44. The summed E-state index contributed by atoms with van der Waals surface area (Å²) in [7, 11) is 0. The van der Waals surface area contributed by atoms with Crippen molar-refractivity contribution < 1.29 is 14.3 Å². The first-order chi connectivity index (χ1) is 11.6. The molecule has 6 heteroatoms. The zero-order valence-electron chi connectivity index (χ0n) is 14.1. The lowest BCUT2D eigenvalue weighted by atomic mass is 10.0. The summed E-state index contributed by atoms with van der Waals surface area (Å²) in [6.45, 7) is 2.36. The first-order valence-corrected chi connectivity index (χ1v) is 7.91. The van der Waals surface area contributed by atoms with Gasteiger partial charge in [0.1, 0.15) is 5.75 Å². The van der Waals surface area contributed by atoms with Crippen molar-refractivity contribution in [2.24, 2.45) is 5.73 Å². The maximum atomic E-state index is 12.3. The maximum Gasteiger partial charge on any atom is 0.257 e. The summed E-state index contributed by atoms with van der Waals surface area (Å²) in [5.74, 6) is 0.304.